The molecule has 0 aliphatic rings. The molecule has 0 heterocycles. The van der Waals surface area contributed by atoms with Crippen molar-refractivity contribution >= 4 is 18.8 Å². The van der Waals surface area contributed by atoms with Gasteiger partial charge in [-0.1, -0.05) is 77.8 Å². The van der Waals surface area contributed by atoms with Gasteiger partial charge in [0.1, 0.15) is 13.9 Å². The minimum absolute atomic E-state index is 0.325. The molecule has 0 aliphatic carbocycles. The lowest BCUT2D eigenvalue weighted by molar-refractivity contribution is 0.626. The van der Waals surface area contributed by atoms with Crippen LogP contribution < -0.4 is 0 Å². The quantitative estimate of drug-likeness (QED) is 0.443. The number of hydrogen-bond donors (Lipinski definition) is 0. The molecule has 0 atom stereocenters. The van der Waals surface area contributed by atoms with E-state index in [2.05, 4.69) is 53.0 Å². The highest BCUT2D eigenvalue weighted by Gasteiger charge is 2.41. The van der Waals surface area contributed by atoms with E-state index in [1.807, 2.05) is 12.1 Å². The summed E-state index contributed by atoms with van der Waals surface area (Å²) in [5.41, 5.74) is 5.46. The van der Waals surface area contributed by atoms with E-state index in [0.717, 1.165) is 5.39 Å². The molecule has 0 nitrogen and oxygen atoms in total. The summed E-state index contributed by atoms with van der Waals surface area (Å²) < 4.78 is 22.7. The van der Waals surface area contributed by atoms with Gasteiger partial charge in [-0.2, -0.15) is 0 Å². The average Bonchev–Trinajstić information content (AvgIpc) is 2.49. The summed E-state index contributed by atoms with van der Waals surface area (Å²) in [6, 6.07) is 8.97. The summed E-state index contributed by atoms with van der Waals surface area (Å²) in [5, 5.41) is 1.50. The van der Waals surface area contributed by atoms with Gasteiger partial charge in [-0.15, -0.1) is 5.54 Å². The van der Waals surface area contributed by atoms with Crippen molar-refractivity contribution in [1.29, 1.82) is 0 Å². The van der Waals surface area contributed by atoms with Crippen molar-refractivity contribution in [2.45, 2.75) is 58.2 Å². The van der Waals surface area contributed by atoms with E-state index in [4.69, 9.17) is 1.37 Å². The van der Waals surface area contributed by atoms with Gasteiger partial charge in [0, 0.05) is 5.39 Å². The number of halogens is 1. The van der Waals surface area contributed by atoms with E-state index in [0.29, 0.717) is 33.6 Å². The Hall–Kier alpha value is -1.59. The molecular formula is C21H27FSi. The van der Waals surface area contributed by atoms with Gasteiger partial charge in [0.05, 0.1) is 6.93 Å². The summed E-state index contributed by atoms with van der Waals surface area (Å²) >= 11 is 0. The minimum atomic E-state index is -1.93. The molecular weight excluding hydrogens is 299 g/mol. The van der Waals surface area contributed by atoms with E-state index in [1.165, 1.54) is 6.07 Å². The van der Waals surface area contributed by atoms with Crippen molar-refractivity contribution in [3.8, 4) is 11.5 Å². The van der Waals surface area contributed by atoms with Crippen LogP contribution in [-0.4, -0.2) is 8.07 Å². The Morgan fingerprint density at radius 2 is 1.57 bits per heavy atom. The fraction of sp³-hybridized carbons (Fsp3) is 0.429. The van der Waals surface area contributed by atoms with Crippen LogP contribution in [0, 0.1) is 17.3 Å². The Kier molecular flexibility index (Phi) is 4.87. The van der Waals surface area contributed by atoms with Crippen molar-refractivity contribution in [3.63, 3.8) is 0 Å². The van der Waals surface area contributed by atoms with Gasteiger partial charge in [0.25, 0.3) is 0 Å². The van der Waals surface area contributed by atoms with Crippen LogP contribution in [0.5, 0.6) is 0 Å². The molecule has 0 N–H and O–H groups in total. The Morgan fingerprint density at radius 3 is 2.13 bits per heavy atom. The average molecular weight is 328 g/mol. The molecule has 122 valence electrons. The third-order valence-corrected chi connectivity index (χ3v) is 11.3. The first kappa shape index (κ1) is 16.3. The SMILES string of the molecule is [2H]c1cccc2ccc(F)c(C#C[Si](C(C)C)(C(C)C)C(C)C)c12. The molecule has 2 rings (SSSR count). The Balaban J connectivity index is 2.74. The molecule has 0 saturated heterocycles. The minimum Gasteiger partial charge on any atom is -0.206 e. The largest absolute Gasteiger partial charge is 0.206 e. The Morgan fingerprint density at radius 1 is 0.957 bits per heavy atom. The van der Waals surface area contributed by atoms with Gasteiger partial charge < -0.3 is 0 Å². The van der Waals surface area contributed by atoms with Gasteiger partial charge in [-0.25, -0.2) is 4.39 Å². The summed E-state index contributed by atoms with van der Waals surface area (Å²) in [4.78, 5) is 0. The first-order chi connectivity index (χ1) is 11.2. The second-order valence-corrected chi connectivity index (χ2v) is 12.8. The lowest BCUT2D eigenvalue weighted by Crippen LogP contribution is -2.43. The molecule has 2 aromatic rings. The van der Waals surface area contributed by atoms with Gasteiger partial charge >= 0.3 is 0 Å². The molecule has 2 heteroatoms. The monoisotopic (exact) mass is 327 g/mol. The van der Waals surface area contributed by atoms with Crippen molar-refractivity contribution < 1.29 is 5.76 Å². The molecule has 0 fully saturated rings. The number of rotatable bonds is 3. The maximum atomic E-state index is 14.5. The van der Waals surface area contributed by atoms with Crippen LogP contribution in [0.4, 0.5) is 4.39 Å². The molecule has 2 aromatic carbocycles. The smallest absolute Gasteiger partial charge is 0.146 e. The van der Waals surface area contributed by atoms with Crippen LogP contribution in [-0.2, 0) is 0 Å². The van der Waals surface area contributed by atoms with Gasteiger partial charge in [0.15, 0.2) is 0 Å². The van der Waals surface area contributed by atoms with Crippen molar-refractivity contribution in [3.05, 3.63) is 47.8 Å². The van der Waals surface area contributed by atoms with E-state index < -0.39 is 8.07 Å². The fourth-order valence-corrected chi connectivity index (χ4v) is 9.10. The molecule has 23 heavy (non-hydrogen) atoms. The third-order valence-electron chi connectivity index (χ3n) is 5.06. The van der Waals surface area contributed by atoms with E-state index in [-0.39, 0.29) is 5.82 Å². The number of hydrogen-bond acceptors (Lipinski definition) is 0. The lowest BCUT2D eigenvalue weighted by Gasteiger charge is -2.38. The molecule has 0 spiro atoms. The van der Waals surface area contributed by atoms with Gasteiger partial charge in [-0.3, -0.25) is 0 Å². The fourth-order valence-electron chi connectivity index (χ4n) is 3.90. The van der Waals surface area contributed by atoms with Crippen molar-refractivity contribution in [2.75, 3.05) is 0 Å². The number of benzene rings is 2. The highest BCUT2D eigenvalue weighted by atomic mass is 28.3. The van der Waals surface area contributed by atoms with Crippen LogP contribution >= 0.6 is 0 Å². The molecule has 0 aliphatic heterocycles. The highest BCUT2D eigenvalue weighted by molar-refractivity contribution is 6.90. The van der Waals surface area contributed by atoms with Crippen molar-refractivity contribution in [1.82, 2.24) is 0 Å². The van der Waals surface area contributed by atoms with E-state index in [9.17, 15) is 4.39 Å². The molecule has 0 bridgehead atoms. The van der Waals surface area contributed by atoms with Crippen molar-refractivity contribution in [2.24, 2.45) is 0 Å². The zero-order chi connectivity index (χ0) is 18.1. The maximum Gasteiger partial charge on any atom is 0.146 e. The Bertz CT molecular complexity index is 775. The molecule has 0 saturated carbocycles. The maximum absolute atomic E-state index is 14.5. The summed E-state index contributed by atoms with van der Waals surface area (Å²) in [6.45, 7) is 13.5. The lowest BCUT2D eigenvalue weighted by atomic mass is 10.0. The van der Waals surface area contributed by atoms with Gasteiger partial charge in [-0.05, 0) is 28.1 Å². The molecule has 0 unspecified atom stereocenters. The predicted molar refractivity (Wildman–Crippen MR) is 102 cm³/mol. The third kappa shape index (κ3) is 3.21. The van der Waals surface area contributed by atoms with E-state index >= 15 is 0 Å². The normalized spacial score (nSPS) is 12.7. The zero-order valence-electron chi connectivity index (χ0n) is 16.0. The van der Waals surface area contributed by atoms with Crippen LogP contribution in [0.1, 0.15) is 48.5 Å². The molecule has 0 aromatic heterocycles. The second kappa shape index (κ2) is 6.89. The topological polar surface area (TPSA) is 0 Å². The number of fused-ring (bicyclic) bond motifs is 1. The van der Waals surface area contributed by atoms with Crippen LogP contribution in [0.2, 0.25) is 16.6 Å². The van der Waals surface area contributed by atoms with Crippen LogP contribution in [0.3, 0.4) is 0 Å². The molecule has 0 amide bonds. The second-order valence-electron chi connectivity index (χ2n) is 7.20. The Labute approximate surface area is 142 Å². The summed E-state index contributed by atoms with van der Waals surface area (Å²) in [6.07, 6.45) is 0. The van der Waals surface area contributed by atoms with Crippen LogP contribution in [0.15, 0.2) is 36.4 Å². The standard InChI is InChI=1S/C21H27FSi/c1-15(2)23(16(3)4,17(5)6)14-13-20-19-10-8-7-9-18(19)11-12-21(20)22/h7-12,15-17H,1-6H3/i10D. The summed E-state index contributed by atoms with van der Waals surface area (Å²) in [5.74, 6) is 2.87. The summed E-state index contributed by atoms with van der Waals surface area (Å²) in [7, 11) is -1.93. The first-order valence-corrected chi connectivity index (χ1v) is 10.7. The first-order valence-electron chi connectivity index (χ1n) is 8.92. The molecule has 0 radical (unpaired) electrons. The van der Waals surface area contributed by atoms with Crippen LogP contribution in [0.25, 0.3) is 10.8 Å². The predicted octanol–water partition coefficient (Wildman–Crippen LogP) is 6.55. The zero-order valence-corrected chi connectivity index (χ0v) is 16.0. The highest BCUT2D eigenvalue weighted by Crippen LogP contribution is 2.40. The van der Waals surface area contributed by atoms with Gasteiger partial charge in [0.2, 0.25) is 0 Å². The van der Waals surface area contributed by atoms with E-state index in [1.54, 1.807) is 12.1 Å².